The van der Waals surface area contributed by atoms with Crippen molar-refractivity contribution in [2.75, 3.05) is 0 Å². The fraction of sp³-hybridized carbons (Fsp3) is 0.556. The van der Waals surface area contributed by atoms with Gasteiger partial charge in [-0.2, -0.15) is 0 Å². The van der Waals surface area contributed by atoms with Gasteiger partial charge in [-0.3, -0.25) is 0 Å². The molecule has 1 saturated carbocycles. The molecule has 1 aliphatic carbocycles. The highest BCUT2D eigenvalue weighted by molar-refractivity contribution is 9.10. The van der Waals surface area contributed by atoms with Gasteiger partial charge in [0.05, 0.1) is 0 Å². The predicted molar refractivity (Wildman–Crippen MR) is 56.6 cm³/mol. The van der Waals surface area contributed by atoms with Crippen molar-refractivity contribution in [3.05, 3.63) is 20.8 Å². The van der Waals surface area contributed by atoms with E-state index in [1.807, 2.05) is 11.3 Å². The van der Waals surface area contributed by atoms with E-state index in [4.69, 9.17) is 0 Å². The highest BCUT2D eigenvalue weighted by Gasteiger charge is 2.23. The molecule has 0 saturated heterocycles. The maximum atomic E-state index is 3.57. The van der Waals surface area contributed by atoms with Crippen LogP contribution in [0.2, 0.25) is 0 Å². The smallest absolute Gasteiger partial charge is 0.0388 e. The van der Waals surface area contributed by atoms with E-state index in [0.29, 0.717) is 6.04 Å². The van der Waals surface area contributed by atoms with Gasteiger partial charge in [0.15, 0.2) is 0 Å². The molecule has 0 aromatic carbocycles. The average molecular weight is 246 g/mol. The van der Waals surface area contributed by atoms with E-state index in [1.54, 1.807) is 0 Å². The Hall–Kier alpha value is 0.140. The summed E-state index contributed by atoms with van der Waals surface area (Å²) in [6, 6.07) is 3.51. The van der Waals surface area contributed by atoms with Gasteiger partial charge >= 0.3 is 0 Å². The lowest BCUT2D eigenvalue weighted by molar-refractivity contribution is 0.579. The van der Waals surface area contributed by atoms with Gasteiger partial charge in [-0.1, -0.05) is 0 Å². The topological polar surface area (TPSA) is 12.0 Å². The average Bonchev–Trinajstić information content (AvgIpc) is 2.72. The molecular formula is C9H12BrNS. The van der Waals surface area contributed by atoms with E-state index in [-0.39, 0.29) is 0 Å². The molecule has 12 heavy (non-hydrogen) atoms. The Morgan fingerprint density at radius 3 is 2.92 bits per heavy atom. The second-order valence-corrected chi connectivity index (χ2v) is 5.19. The van der Waals surface area contributed by atoms with Gasteiger partial charge in [0, 0.05) is 26.8 Å². The van der Waals surface area contributed by atoms with Crippen LogP contribution in [0.1, 0.15) is 30.7 Å². The Morgan fingerprint density at radius 2 is 2.42 bits per heavy atom. The molecule has 0 bridgehead atoms. The molecule has 0 aliphatic heterocycles. The molecule has 66 valence electrons. The Kier molecular flexibility index (Phi) is 2.53. The first-order valence-corrected chi connectivity index (χ1v) is 5.93. The molecule has 1 atom stereocenters. The molecule has 1 unspecified atom stereocenters. The predicted octanol–water partition coefficient (Wildman–Crippen LogP) is 3.32. The molecule has 2 rings (SSSR count). The van der Waals surface area contributed by atoms with E-state index >= 15 is 0 Å². The first kappa shape index (κ1) is 8.73. The van der Waals surface area contributed by atoms with Gasteiger partial charge in [0.25, 0.3) is 0 Å². The minimum atomic E-state index is 0.522. The van der Waals surface area contributed by atoms with Gasteiger partial charge in [-0.25, -0.2) is 0 Å². The summed E-state index contributed by atoms with van der Waals surface area (Å²) in [4.78, 5) is 1.42. The van der Waals surface area contributed by atoms with Crippen LogP contribution in [0.15, 0.2) is 15.9 Å². The number of nitrogens with one attached hydrogen (secondary N) is 1. The Labute approximate surface area is 85.3 Å². The summed E-state index contributed by atoms with van der Waals surface area (Å²) >= 11 is 5.28. The van der Waals surface area contributed by atoms with Crippen molar-refractivity contribution >= 4 is 27.3 Å². The zero-order chi connectivity index (χ0) is 8.55. The fourth-order valence-corrected chi connectivity index (χ4v) is 2.70. The van der Waals surface area contributed by atoms with Crippen molar-refractivity contribution < 1.29 is 0 Å². The summed E-state index contributed by atoms with van der Waals surface area (Å²) in [5.74, 6) is 0. The summed E-state index contributed by atoms with van der Waals surface area (Å²) in [6.45, 7) is 2.23. The third-order valence-corrected chi connectivity index (χ3v) is 3.95. The molecule has 0 radical (unpaired) electrons. The van der Waals surface area contributed by atoms with Crippen LogP contribution in [0.4, 0.5) is 0 Å². The molecule has 3 heteroatoms. The van der Waals surface area contributed by atoms with Crippen LogP contribution >= 0.6 is 27.3 Å². The molecule has 1 aromatic rings. The lowest BCUT2D eigenvalue weighted by atomic mass is 10.3. The Morgan fingerprint density at radius 1 is 1.67 bits per heavy atom. The van der Waals surface area contributed by atoms with Crippen molar-refractivity contribution in [2.45, 2.75) is 31.8 Å². The van der Waals surface area contributed by atoms with Crippen LogP contribution in [0, 0.1) is 0 Å². The van der Waals surface area contributed by atoms with Crippen molar-refractivity contribution in [1.29, 1.82) is 0 Å². The first-order chi connectivity index (χ1) is 5.75. The van der Waals surface area contributed by atoms with E-state index in [0.717, 1.165) is 6.04 Å². The SMILES string of the molecule is CC(NC1CC1)c1cc(Br)cs1. The van der Waals surface area contributed by atoms with E-state index in [2.05, 4.69) is 39.6 Å². The summed E-state index contributed by atoms with van der Waals surface area (Å²) < 4.78 is 1.20. The minimum absolute atomic E-state index is 0.522. The Balaban J connectivity index is 1.97. The van der Waals surface area contributed by atoms with E-state index < -0.39 is 0 Å². The second-order valence-electron chi connectivity index (χ2n) is 3.33. The number of rotatable bonds is 3. The fourth-order valence-electron chi connectivity index (χ4n) is 1.24. The summed E-state index contributed by atoms with van der Waals surface area (Å²) in [5.41, 5.74) is 0. The van der Waals surface area contributed by atoms with Crippen molar-refractivity contribution in [3.8, 4) is 0 Å². The van der Waals surface area contributed by atoms with Crippen LogP contribution in [-0.2, 0) is 0 Å². The number of hydrogen-bond acceptors (Lipinski definition) is 2. The molecule has 1 aromatic heterocycles. The molecule has 1 nitrogen and oxygen atoms in total. The molecule has 1 N–H and O–H groups in total. The highest BCUT2D eigenvalue weighted by atomic mass is 79.9. The Bertz CT molecular complexity index is 267. The summed E-state index contributed by atoms with van der Waals surface area (Å²) in [5, 5.41) is 5.71. The van der Waals surface area contributed by atoms with Gasteiger partial charge in [0.1, 0.15) is 0 Å². The molecule has 0 amide bonds. The molecular weight excluding hydrogens is 234 g/mol. The lowest BCUT2D eigenvalue weighted by Gasteiger charge is -2.09. The third-order valence-electron chi connectivity index (χ3n) is 2.08. The number of halogens is 1. The standard InChI is InChI=1S/C9H12BrNS/c1-6(11-8-2-3-8)9-4-7(10)5-12-9/h4-6,8,11H,2-3H2,1H3. The van der Waals surface area contributed by atoms with Crippen LogP contribution < -0.4 is 5.32 Å². The second kappa shape index (κ2) is 3.48. The lowest BCUT2D eigenvalue weighted by Crippen LogP contribution is -2.19. The minimum Gasteiger partial charge on any atom is -0.307 e. The molecule has 0 spiro atoms. The van der Waals surface area contributed by atoms with Gasteiger partial charge in [-0.05, 0) is 41.8 Å². The van der Waals surface area contributed by atoms with E-state index in [1.165, 1.54) is 22.2 Å². The van der Waals surface area contributed by atoms with Crippen LogP contribution in [0.3, 0.4) is 0 Å². The largest absolute Gasteiger partial charge is 0.307 e. The summed E-state index contributed by atoms with van der Waals surface area (Å²) in [6.07, 6.45) is 2.72. The first-order valence-electron chi connectivity index (χ1n) is 4.25. The van der Waals surface area contributed by atoms with Crippen LogP contribution in [0.5, 0.6) is 0 Å². The number of hydrogen-bond donors (Lipinski definition) is 1. The zero-order valence-corrected chi connectivity index (χ0v) is 9.41. The van der Waals surface area contributed by atoms with Crippen molar-refractivity contribution in [1.82, 2.24) is 5.32 Å². The molecule has 1 aliphatic rings. The van der Waals surface area contributed by atoms with Crippen LogP contribution in [0.25, 0.3) is 0 Å². The van der Waals surface area contributed by atoms with Gasteiger partial charge in [0.2, 0.25) is 0 Å². The van der Waals surface area contributed by atoms with Crippen molar-refractivity contribution in [3.63, 3.8) is 0 Å². The zero-order valence-electron chi connectivity index (χ0n) is 7.01. The molecule has 1 heterocycles. The van der Waals surface area contributed by atoms with Crippen molar-refractivity contribution in [2.24, 2.45) is 0 Å². The monoisotopic (exact) mass is 245 g/mol. The molecule has 1 fully saturated rings. The van der Waals surface area contributed by atoms with E-state index in [9.17, 15) is 0 Å². The van der Waals surface area contributed by atoms with Gasteiger partial charge < -0.3 is 5.32 Å². The number of thiophene rings is 1. The normalized spacial score (nSPS) is 19.5. The quantitative estimate of drug-likeness (QED) is 0.862. The maximum Gasteiger partial charge on any atom is 0.0388 e. The van der Waals surface area contributed by atoms with Gasteiger partial charge in [-0.15, -0.1) is 11.3 Å². The third kappa shape index (κ3) is 2.09. The van der Waals surface area contributed by atoms with Crippen LogP contribution in [-0.4, -0.2) is 6.04 Å². The maximum absolute atomic E-state index is 3.57. The highest BCUT2D eigenvalue weighted by Crippen LogP contribution is 2.28. The summed E-state index contributed by atoms with van der Waals surface area (Å²) in [7, 11) is 0.